The van der Waals surface area contributed by atoms with E-state index in [1.165, 1.54) is 25.6 Å². The summed E-state index contributed by atoms with van der Waals surface area (Å²) in [6.07, 6.45) is 1.19. The lowest BCUT2D eigenvalue weighted by Crippen LogP contribution is -2.06. The van der Waals surface area contributed by atoms with Gasteiger partial charge in [0.1, 0.15) is 29.6 Å². The van der Waals surface area contributed by atoms with Crippen LogP contribution in [0.2, 0.25) is 5.02 Å². The van der Waals surface area contributed by atoms with Crippen LogP contribution in [0.3, 0.4) is 0 Å². The molecular weight excluding hydrogens is 398 g/mol. The van der Waals surface area contributed by atoms with Gasteiger partial charge >= 0.3 is 5.69 Å². The van der Waals surface area contributed by atoms with Gasteiger partial charge in [0, 0.05) is 19.2 Å². The quantitative estimate of drug-likeness (QED) is 0.269. The molecule has 146 valence electrons. The molecule has 1 N–H and O–H groups in total. The Morgan fingerprint density at radius 3 is 2.75 bits per heavy atom. The van der Waals surface area contributed by atoms with E-state index in [-0.39, 0.29) is 41.5 Å². The van der Waals surface area contributed by atoms with Crippen molar-refractivity contribution in [2.24, 2.45) is 0 Å². The monoisotopic (exact) mass is 410 g/mol. The predicted octanol–water partition coefficient (Wildman–Crippen LogP) is 4.24. The molecule has 0 spiro atoms. The molecule has 0 saturated carbocycles. The summed E-state index contributed by atoms with van der Waals surface area (Å²) in [4.78, 5) is 18.9. The molecule has 2 aromatic carbocycles. The van der Waals surface area contributed by atoms with Gasteiger partial charge in [-0.1, -0.05) is 11.6 Å². The first kappa shape index (κ1) is 19.6. The fraction of sp³-hybridized carbons (Fsp3) is 0.176. The van der Waals surface area contributed by atoms with Gasteiger partial charge in [-0.15, -0.1) is 0 Å². The van der Waals surface area contributed by atoms with Crippen LogP contribution in [0.25, 0.3) is 10.9 Å². The highest BCUT2D eigenvalue weighted by Gasteiger charge is 2.20. The zero-order chi connectivity index (χ0) is 20.3. The summed E-state index contributed by atoms with van der Waals surface area (Å²) in [5.41, 5.74) is -0.141. The molecule has 28 heavy (non-hydrogen) atoms. The van der Waals surface area contributed by atoms with Gasteiger partial charge in [0.25, 0.3) is 0 Å². The minimum absolute atomic E-state index is 0.00945. The average Bonchev–Trinajstić information content (AvgIpc) is 2.68. The number of nitrogens with one attached hydrogen (secondary N) is 1. The van der Waals surface area contributed by atoms with E-state index in [0.29, 0.717) is 5.52 Å². The molecule has 0 unspecified atom stereocenters. The first-order valence-electron chi connectivity index (χ1n) is 7.87. The molecular formula is C17H13ClF2N4O4. The molecule has 0 radical (unpaired) electrons. The number of rotatable bonds is 7. The van der Waals surface area contributed by atoms with Crippen LogP contribution in [0.15, 0.2) is 30.6 Å². The number of nitro groups is 1. The third-order valence-electron chi connectivity index (χ3n) is 3.75. The zero-order valence-corrected chi connectivity index (χ0v) is 15.2. The number of nitrogens with zero attached hydrogens (tertiary/aromatic N) is 3. The standard InChI is InChI=1S/C17H13ClF2N4O4/c1-27-4-5-28-14-7-12-9(6-13(14)24(25)26)17(22-8-21-12)23-11-3-2-10(19)15(18)16(11)20/h2-3,6-8H,4-5H2,1H3,(H,21,22,23). The number of aromatic nitrogens is 2. The number of methoxy groups -OCH3 is 1. The van der Waals surface area contributed by atoms with Gasteiger partial charge in [-0.2, -0.15) is 0 Å². The van der Waals surface area contributed by atoms with Crippen molar-refractivity contribution in [3.8, 4) is 5.75 Å². The van der Waals surface area contributed by atoms with Crippen LogP contribution in [0.5, 0.6) is 5.75 Å². The zero-order valence-electron chi connectivity index (χ0n) is 14.4. The van der Waals surface area contributed by atoms with Crippen molar-refractivity contribution in [3.63, 3.8) is 0 Å². The fourth-order valence-corrected chi connectivity index (χ4v) is 2.58. The highest BCUT2D eigenvalue weighted by Crippen LogP contribution is 2.35. The number of nitro benzene ring substituents is 1. The van der Waals surface area contributed by atoms with Crippen LogP contribution in [-0.4, -0.2) is 35.2 Å². The van der Waals surface area contributed by atoms with Crippen molar-refractivity contribution in [2.45, 2.75) is 0 Å². The molecule has 0 fully saturated rings. The van der Waals surface area contributed by atoms with Crippen molar-refractivity contribution in [1.29, 1.82) is 0 Å². The van der Waals surface area contributed by atoms with Crippen molar-refractivity contribution in [3.05, 3.63) is 57.4 Å². The molecule has 0 aliphatic heterocycles. The summed E-state index contributed by atoms with van der Waals surface area (Å²) in [6, 6.07) is 4.72. The van der Waals surface area contributed by atoms with Gasteiger partial charge in [-0.05, 0) is 12.1 Å². The minimum atomic E-state index is -1.01. The van der Waals surface area contributed by atoms with Crippen molar-refractivity contribution >= 4 is 39.7 Å². The second-order valence-electron chi connectivity index (χ2n) is 5.51. The summed E-state index contributed by atoms with van der Waals surface area (Å²) in [6.45, 7) is 0.356. The van der Waals surface area contributed by atoms with Gasteiger partial charge in [0.15, 0.2) is 11.6 Å². The molecule has 0 amide bonds. The SMILES string of the molecule is COCCOc1cc2ncnc(Nc3ccc(F)c(Cl)c3F)c2cc1[N+](=O)[O-]. The van der Waals surface area contributed by atoms with Gasteiger partial charge in [-0.25, -0.2) is 18.7 Å². The molecule has 3 rings (SSSR count). The van der Waals surface area contributed by atoms with Crippen molar-refractivity contribution in [1.82, 2.24) is 9.97 Å². The molecule has 0 atom stereocenters. The number of benzene rings is 2. The first-order valence-corrected chi connectivity index (χ1v) is 8.25. The van der Waals surface area contributed by atoms with Crippen LogP contribution >= 0.6 is 11.6 Å². The minimum Gasteiger partial charge on any atom is -0.484 e. The maximum atomic E-state index is 14.2. The Bertz CT molecular complexity index is 1050. The largest absolute Gasteiger partial charge is 0.484 e. The van der Waals surface area contributed by atoms with Crippen LogP contribution < -0.4 is 10.1 Å². The average molecular weight is 411 g/mol. The van der Waals surface area contributed by atoms with Crippen LogP contribution in [-0.2, 0) is 4.74 Å². The Labute approximate surface area is 162 Å². The number of halogens is 3. The third kappa shape index (κ3) is 3.92. The molecule has 3 aromatic rings. The van der Waals surface area contributed by atoms with Gasteiger partial charge in [0.2, 0.25) is 0 Å². The van der Waals surface area contributed by atoms with Gasteiger partial charge < -0.3 is 14.8 Å². The number of fused-ring (bicyclic) bond motifs is 1. The molecule has 1 aromatic heterocycles. The Morgan fingerprint density at radius 2 is 2.04 bits per heavy atom. The lowest BCUT2D eigenvalue weighted by molar-refractivity contribution is -0.385. The van der Waals surface area contributed by atoms with E-state index in [1.54, 1.807) is 0 Å². The van der Waals surface area contributed by atoms with E-state index < -0.39 is 21.6 Å². The highest BCUT2D eigenvalue weighted by molar-refractivity contribution is 6.31. The molecule has 1 heterocycles. The molecule has 0 saturated heterocycles. The third-order valence-corrected chi connectivity index (χ3v) is 4.09. The Balaban J connectivity index is 2.06. The van der Waals surface area contributed by atoms with Crippen LogP contribution in [0.1, 0.15) is 0 Å². The second kappa shape index (κ2) is 8.28. The lowest BCUT2D eigenvalue weighted by Gasteiger charge is -2.12. The second-order valence-corrected chi connectivity index (χ2v) is 5.88. The molecule has 8 nitrogen and oxygen atoms in total. The summed E-state index contributed by atoms with van der Waals surface area (Å²) in [7, 11) is 1.48. The maximum absolute atomic E-state index is 14.2. The highest BCUT2D eigenvalue weighted by atomic mass is 35.5. The topological polar surface area (TPSA) is 99.4 Å². The van der Waals surface area contributed by atoms with Gasteiger partial charge in [0.05, 0.1) is 28.1 Å². The lowest BCUT2D eigenvalue weighted by atomic mass is 10.2. The van der Waals surface area contributed by atoms with E-state index >= 15 is 0 Å². The molecule has 0 aliphatic carbocycles. The van der Waals surface area contributed by atoms with Crippen LogP contribution in [0, 0.1) is 21.7 Å². The van der Waals surface area contributed by atoms with Gasteiger partial charge in [-0.3, -0.25) is 10.1 Å². The predicted molar refractivity (Wildman–Crippen MR) is 98.2 cm³/mol. The summed E-state index contributed by atoms with van der Waals surface area (Å²) >= 11 is 5.58. The Hall–Kier alpha value is -3.11. The van der Waals surface area contributed by atoms with E-state index in [2.05, 4.69) is 15.3 Å². The van der Waals surface area contributed by atoms with E-state index in [0.717, 1.165) is 12.1 Å². The Kier molecular flexibility index (Phi) is 5.81. The van der Waals surface area contributed by atoms with E-state index in [9.17, 15) is 18.9 Å². The van der Waals surface area contributed by atoms with Crippen molar-refractivity contribution < 1.29 is 23.2 Å². The number of hydrogen-bond acceptors (Lipinski definition) is 7. The number of anilines is 2. The summed E-state index contributed by atoms with van der Waals surface area (Å²) in [5, 5.41) is 13.6. The summed E-state index contributed by atoms with van der Waals surface area (Å²) in [5.74, 6) is -1.83. The smallest absolute Gasteiger partial charge is 0.311 e. The maximum Gasteiger partial charge on any atom is 0.311 e. The Morgan fingerprint density at radius 1 is 1.25 bits per heavy atom. The van der Waals surface area contributed by atoms with Crippen molar-refractivity contribution in [2.75, 3.05) is 25.6 Å². The van der Waals surface area contributed by atoms with E-state index in [1.807, 2.05) is 0 Å². The normalized spacial score (nSPS) is 10.9. The van der Waals surface area contributed by atoms with E-state index in [4.69, 9.17) is 21.1 Å². The van der Waals surface area contributed by atoms with Crippen LogP contribution in [0.4, 0.5) is 26.0 Å². The molecule has 11 heteroatoms. The molecule has 0 aliphatic rings. The first-order chi connectivity index (χ1) is 13.4. The number of hydrogen-bond donors (Lipinski definition) is 1. The molecule has 0 bridgehead atoms. The summed E-state index contributed by atoms with van der Waals surface area (Å²) < 4.78 is 37.8. The number of ether oxygens (including phenoxy) is 2. The fourth-order valence-electron chi connectivity index (χ4n) is 2.42.